The van der Waals surface area contributed by atoms with Crippen molar-refractivity contribution in [2.24, 2.45) is 0 Å². The summed E-state index contributed by atoms with van der Waals surface area (Å²) in [4.78, 5) is 4.16. The number of rotatable bonds is 1. The Balaban J connectivity index is 2.59. The normalized spacial score (nSPS) is 10.6. The summed E-state index contributed by atoms with van der Waals surface area (Å²) in [6.07, 6.45) is 0. The molecule has 0 saturated carbocycles. The Morgan fingerprint density at radius 1 is 1.33 bits per heavy atom. The fraction of sp³-hybridized carbons (Fsp3) is 0.100. The quantitative estimate of drug-likeness (QED) is 0.759. The van der Waals surface area contributed by atoms with Gasteiger partial charge in [0, 0.05) is 10.9 Å². The van der Waals surface area contributed by atoms with E-state index in [0.717, 1.165) is 11.1 Å². The summed E-state index contributed by atoms with van der Waals surface area (Å²) < 4.78 is 26.0. The molecule has 0 spiro atoms. The van der Waals surface area contributed by atoms with E-state index in [9.17, 15) is 8.78 Å². The largest absolute Gasteiger partial charge is 0.396 e. The molecule has 1 aromatic carbocycles. The van der Waals surface area contributed by atoms with Crippen LogP contribution in [0, 0.1) is 18.6 Å². The second-order valence-corrected chi connectivity index (χ2v) is 4.14. The zero-order chi connectivity index (χ0) is 11.0. The van der Waals surface area contributed by atoms with Crippen molar-refractivity contribution in [2.75, 3.05) is 5.73 Å². The average Bonchev–Trinajstić information content (AvgIpc) is 2.61. The number of benzene rings is 1. The van der Waals surface area contributed by atoms with E-state index in [2.05, 4.69) is 4.98 Å². The van der Waals surface area contributed by atoms with Crippen molar-refractivity contribution in [1.82, 2.24) is 4.98 Å². The van der Waals surface area contributed by atoms with Gasteiger partial charge in [0.05, 0.1) is 16.4 Å². The third-order valence-electron chi connectivity index (χ3n) is 2.03. The molecule has 0 saturated heterocycles. The first-order chi connectivity index (χ1) is 7.09. The lowest BCUT2D eigenvalue weighted by Gasteiger charge is -2.03. The smallest absolute Gasteiger partial charge is 0.182 e. The summed E-state index contributed by atoms with van der Waals surface area (Å²) in [5.41, 5.74) is 6.29. The summed E-state index contributed by atoms with van der Waals surface area (Å²) in [6.45, 7) is 1.84. The van der Waals surface area contributed by atoms with Gasteiger partial charge in [-0.15, -0.1) is 11.3 Å². The molecule has 2 aromatic rings. The number of aryl methyl sites for hydroxylation is 1. The Morgan fingerprint density at radius 2 is 2.07 bits per heavy atom. The molecule has 15 heavy (non-hydrogen) atoms. The van der Waals surface area contributed by atoms with Crippen molar-refractivity contribution in [1.29, 1.82) is 0 Å². The molecular formula is C10H8F2N2S. The van der Waals surface area contributed by atoms with Crippen molar-refractivity contribution < 1.29 is 8.78 Å². The van der Waals surface area contributed by atoms with Crippen molar-refractivity contribution in [3.05, 3.63) is 34.2 Å². The van der Waals surface area contributed by atoms with Crippen LogP contribution >= 0.6 is 11.3 Å². The highest BCUT2D eigenvalue weighted by atomic mass is 32.1. The molecule has 0 amide bonds. The van der Waals surface area contributed by atoms with Crippen LogP contribution < -0.4 is 5.73 Å². The second-order valence-electron chi connectivity index (χ2n) is 3.07. The topological polar surface area (TPSA) is 38.9 Å². The highest BCUT2D eigenvalue weighted by Crippen LogP contribution is 2.29. The van der Waals surface area contributed by atoms with Gasteiger partial charge >= 0.3 is 0 Å². The number of hydrogen-bond acceptors (Lipinski definition) is 3. The van der Waals surface area contributed by atoms with Gasteiger partial charge in [-0.1, -0.05) is 0 Å². The van der Waals surface area contributed by atoms with Crippen LogP contribution in [-0.2, 0) is 0 Å². The molecule has 1 heterocycles. The van der Waals surface area contributed by atoms with E-state index in [1.807, 2.05) is 6.92 Å². The summed E-state index contributed by atoms with van der Waals surface area (Å²) in [6, 6.07) is 2.48. The van der Waals surface area contributed by atoms with Crippen LogP contribution in [0.25, 0.3) is 11.3 Å². The maximum Gasteiger partial charge on any atom is 0.182 e. The lowest BCUT2D eigenvalue weighted by atomic mass is 10.1. The monoisotopic (exact) mass is 226 g/mol. The molecule has 0 bridgehead atoms. The fourth-order valence-corrected chi connectivity index (χ4v) is 1.89. The van der Waals surface area contributed by atoms with Gasteiger partial charge in [-0.3, -0.25) is 0 Å². The van der Waals surface area contributed by atoms with E-state index in [0.29, 0.717) is 11.3 Å². The molecule has 0 atom stereocenters. The SMILES string of the molecule is Cc1nc(-c2ccc(F)c(F)c2N)cs1. The average molecular weight is 226 g/mol. The summed E-state index contributed by atoms with van der Waals surface area (Å²) in [5.74, 6) is -1.96. The number of anilines is 1. The van der Waals surface area contributed by atoms with Gasteiger partial charge < -0.3 is 5.73 Å². The Kier molecular flexibility index (Phi) is 2.40. The standard InChI is InChI=1S/C10H8F2N2S/c1-5-14-8(4-15-5)6-2-3-7(11)9(12)10(6)13/h2-4H,13H2,1H3. The van der Waals surface area contributed by atoms with Crippen molar-refractivity contribution >= 4 is 17.0 Å². The third kappa shape index (κ3) is 1.70. The van der Waals surface area contributed by atoms with Gasteiger partial charge in [-0.05, 0) is 19.1 Å². The number of nitrogen functional groups attached to an aromatic ring is 1. The second kappa shape index (κ2) is 3.58. The molecule has 2 N–H and O–H groups in total. The Labute approximate surface area is 89.4 Å². The molecule has 2 rings (SSSR count). The van der Waals surface area contributed by atoms with Gasteiger partial charge in [0.25, 0.3) is 0 Å². The number of hydrogen-bond donors (Lipinski definition) is 1. The lowest BCUT2D eigenvalue weighted by molar-refractivity contribution is 0.512. The molecule has 0 aliphatic carbocycles. The molecule has 0 radical (unpaired) electrons. The van der Waals surface area contributed by atoms with Gasteiger partial charge in [0.2, 0.25) is 0 Å². The number of aromatic nitrogens is 1. The Hall–Kier alpha value is -1.49. The van der Waals surface area contributed by atoms with Crippen LogP contribution in [0.2, 0.25) is 0 Å². The van der Waals surface area contributed by atoms with E-state index in [-0.39, 0.29) is 5.69 Å². The van der Waals surface area contributed by atoms with Crippen LogP contribution in [-0.4, -0.2) is 4.98 Å². The van der Waals surface area contributed by atoms with E-state index in [1.54, 1.807) is 5.38 Å². The van der Waals surface area contributed by atoms with E-state index in [1.165, 1.54) is 17.4 Å². The summed E-state index contributed by atoms with van der Waals surface area (Å²) in [7, 11) is 0. The lowest BCUT2D eigenvalue weighted by Crippen LogP contribution is -1.97. The minimum atomic E-state index is -1.02. The van der Waals surface area contributed by atoms with Crippen LogP contribution in [0.1, 0.15) is 5.01 Å². The highest BCUT2D eigenvalue weighted by Gasteiger charge is 2.13. The maximum atomic E-state index is 13.2. The molecule has 1 aromatic heterocycles. The zero-order valence-corrected chi connectivity index (χ0v) is 8.74. The Bertz CT molecular complexity index is 508. The first kappa shape index (κ1) is 10.0. The van der Waals surface area contributed by atoms with E-state index < -0.39 is 11.6 Å². The molecule has 0 unspecified atom stereocenters. The van der Waals surface area contributed by atoms with Gasteiger partial charge in [0.1, 0.15) is 0 Å². The van der Waals surface area contributed by atoms with Crippen LogP contribution in [0.5, 0.6) is 0 Å². The first-order valence-corrected chi connectivity index (χ1v) is 5.13. The minimum Gasteiger partial charge on any atom is -0.396 e. The molecule has 2 nitrogen and oxygen atoms in total. The van der Waals surface area contributed by atoms with Crippen LogP contribution in [0.4, 0.5) is 14.5 Å². The van der Waals surface area contributed by atoms with Crippen molar-refractivity contribution in [3.8, 4) is 11.3 Å². The highest BCUT2D eigenvalue weighted by molar-refractivity contribution is 7.09. The van der Waals surface area contributed by atoms with Crippen LogP contribution in [0.15, 0.2) is 17.5 Å². The summed E-state index contributed by atoms with van der Waals surface area (Å²) >= 11 is 1.44. The number of nitrogens with two attached hydrogens (primary N) is 1. The predicted molar refractivity (Wildman–Crippen MR) is 56.6 cm³/mol. The summed E-state index contributed by atoms with van der Waals surface area (Å²) in [5, 5.41) is 2.62. The molecular weight excluding hydrogens is 218 g/mol. The molecule has 78 valence electrons. The number of halogens is 2. The number of thiazole rings is 1. The van der Waals surface area contributed by atoms with Gasteiger partial charge in [0.15, 0.2) is 11.6 Å². The maximum absolute atomic E-state index is 13.2. The fourth-order valence-electron chi connectivity index (χ4n) is 1.28. The van der Waals surface area contributed by atoms with Gasteiger partial charge in [-0.2, -0.15) is 0 Å². The predicted octanol–water partition coefficient (Wildman–Crippen LogP) is 2.98. The first-order valence-electron chi connectivity index (χ1n) is 4.25. The Morgan fingerprint density at radius 3 is 2.67 bits per heavy atom. The molecule has 0 fully saturated rings. The van der Waals surface area contributed by atoms with Crippen LogP contribution in [0.3, 0.4) is 0 Å². The number of nitrogens with zero attached hydrogens (tertiary/aromatic N) is 1. The van der Waals surface area contributed by atoms with Crippen molar-refractivity contribution in [2.45, 2.75) is 6.92 Å². The minimum absolute atomic E-state index is 0.194. The van der Waals surface area contributed by atoms with E-state index in [4.69, 9.17) is 5.73 Å². The van der Waals surface area contributed by atoms with Crippen molar-refractivity contribution in [3.63, 3.8) is 0 Å². The molecule has 0 aliphatic rings. The molecule has 5 heteroatoms. The molecule has 0 aliphatic heterocycles. The third-order valence-corrected chi connectivity index (χ3v) is 2.80. The van der Waals surface area contributed by atoms with Gasteiger partial charge in [-0.25, -0.2) is 13.8 Å². The van der Waals surface area contributed by atoms with E-state index >= 15 is 0 Å². The zero-order valence-electron chi connectivity index (χ0n) is 7.92.